The number of pyridine rings is 1. The second-order valence-electron chi connectivity index (χ2n) is 3.76. The van der Waals surface area contributed by atoms with Crippen molar-refractivity contribution in [2.45, 2.75) is 6.92 Å². The van der Waals surface area contributed by atoms with Crippen LogP contribution in [0.5, 0.6) is 0 Å². The quantitative estimate of drug-likeness (QED) is 0.474. The third kappa shape index (κ3) is 5.94. The number of aliphatic hydroxyl groups excluding tert-OH is 1. The Balaban J connectivity index is 2.31. The number of nitrogens with zero attached hydrogens (tertiary/aromatic N) is 1. The van der Waals surface area contributed by atoms with Crippen LogP contribution in [0.2, 0.25) is 0 Å². The topological polar surface area (TPSA) is 101 Å². The number of aryl methyl sites for hydroxylation is 1. The molecule has 1 aromatic heterocycles. The number of amides is 2. The van der Waals surface area contributed by atoms with Gasteiger partial charge in [-0.1, -0.05) is 0 Å². The molecular weight excluding hydrogens is 250 g/mol. The maximum absolute atomic E-state index is 11.5. The van der Waals surface area contributed by atoms with Crippen LogP contribution in [0, 0.1) is 6.92 Å². The predicted molar refractivity (Wildman–Crippen MR) is 68.5 cm³/mol. The van der Waals surface area contributed by atoms with Crippen molar-refractivity contribution < 1.29 is 19.4 Å². The Morgan fingerprint density at radius 1 is 1.37 bits per heavy atom. The standard InChI is InChI=1S/C12H17N3O4/c1-9-2-3-13-10(8-9)15-12(18)11(17)14-4-6-19-7-5-16/h2-3,8,16H,4-7H2,1H3,(H,14,17)(H,13,15,18). The summed E-state index contributed by atoms with van der Waals surface area (Å²) in [7, 11) is 0. The molecule has 3 N–H and O–H groups in total. The SMILES string of the molecule is Cc1ccnc(NC(=O)C(=O)NCCOCCO)c1. The van der Waals surface area contributed by atoms with E-state index in [-0.39, 0.29) is 26.4 Å². The molecule has 0 aromatic carbocycles. The number of hydrogen-bond donors (Lipinski definition) is 3. The van der Waals surface area contributed by atoms with Crippen LogP contribution in [0.4, 0.5) is 5.82 Å². The number of carbonyl (C=O) groups is 2. The molecule has 0 saturated heterocycles. The van der Waals surface area contributed by atoms with E-state index in [2.05, 4.69) is 15.6 Å². The van der Waals surface area contributed by atoms with Crippen molar-refractivity contribution >= 4 is 17.6 Å². The highest BCUT2D eigenvalue weighted by atomic mass is 16.5. The van der Waals surface area contributed by atoms with Gasteiger partial charge in [0.15, 0.2) is 0 Å². The first-order valence-electron chi connectivity index (χ1n) is 5.84. The fourth-order valence-corrected chi connectivity index (χ4v) is 1.26. The zero-order valence-corrected chi connectivity index (χ0v) is 10.7. The molecule has 0 bridgehead atoms. The molecule has 0 atom stereocenters. The zero-order chi connectivity index (χ0) is 14.1. The number of carbonyl (C=O) groups excluding carboxylic acids is 2. The summed E-state index contributed by atoms with van der Waals surface area (Å²) in [6.45, 7) is 2.43. The van der Waals surface area contributed by atoms with Gasteiger partial charge in [-0.3, -0.25) is 9.59 Å². The van der Waals surface area contributed by atoms with Gasteiger partial charge in [0, 0.05) is 12.7 Å². The van der Waals surface area contributed by atoms with Crippen molar-refractivity contribution in [3.8, 4) is 0 Å². The fourth-order valence-electron chi connectivity index (χ4n) is 1.26. The van der Waals surface area contributed by atoms with Gasteiger partial charge in [0.05, 0.1) is 19.8 Å². The van der Waals surface area contributed by atoms with Crippen LogP contribution in [-0.4, -0.2) is 48.3 Å². The fraction of sp³-hybridized carbons (Fsp3) is 0.417. The van der Waals surface area contributed by atoms with Gasteiger partial charge in [-0.25, -0.2) is 4.98 Å². The van der Waals surface area contributed by atoms with Crippen LogP contribution in [0.15, 0.2) is 18.3 Å². The number of nitrogens with one attached hydrogen (secondary N) is 2. The first-order chi connectivity index (χ1) is 9.13. The first kappa shape index (κ1) is 15.1. The number of aromatic nitrogens is 1. The summed E-state index contributed by atoms with van der Waals surface area (Å²) in [5, 5.41) is 13.2. The summed E-state index contributed by atoms with van der Waals surface area (Å²) in [4.78, 5) is 26.8. The largest absolute Gasteiger partial charge is 0.394 e. The van der Waals surface area contributed by atoms with Gasteiger partial charge in [0.25, 0.3) is 0 Å². The molecule has 2 amide bonds. The summed E-state index contributed by atoms with van der Waals surface area (Å²) < 4.78 is 4.94. The third-order valence-corrected chi connectivity index (χ3v) is 2.13. The maximum atomic E-state index is 11.5. The van der Waals surface area contributed by atoms with E-state index in [1.165, 1.54) is 0 Å². The Bertz CT molecular complexity index is 437. The predicted octanol–water partition coefficient (Wildman–Crippen LogP) is -0.546. The summed E-state index contributed by atoms with van der Waals surface area (Å²) in [6, 6.07) is 3.45. The van der Waals surface area contributed by atoms with Gasteiger partial charge in [-0.2, -0.15) is 0 Å². The van der Waals surface area contributed by atoms with E-state index >= 15 is 0 Å². The molecule has 7 heteroatoms. The molecule has 1 heterocycles. The van der Waals surface area contributed by atoms with E-state index in [9.17, 15) is 9.59 Å². The molecule has 0 radical (unpaired) electrons. The minimum atomic E-state index is -0.778. The number of aliphatic hydroxyl groups is 1. The van der Waals surface area contributed by atoms with Crippen molar-refractivity contribution in [1.29, 1.82) is 0 Å². The van der Waals surface area contributed by atoms with Gasteiger partial charge in [0.1, 0.15) is 5.82 Å². The van der Waals surface area contributed by atoms with Crippen molar-refractivity contribution in [2.75, 3.05) is 31.7 Å². The molecule has 0 fully saturated rings. The van der Waals surface area contributed by atoms with Gasteiger partial charge in [-0.15, -0.1) is 0 Å². The third-order valence-electron chi connectivity index (χ3n) is 2.13. The summed E-state index contributed by atoms with van der Waals surface area (Å²) in [5.41, 5.74) is 0.933. The van der Waals surface area contributed by atoms with Crippen LogP contribution in [-0.2, 0) is 14.3 Å². The number of ether oxygens (including phenoxy) is 1. The van der Waals surface area contributed by atoms with Gasteiger partial charge >= 0.3 is 11.8 Å². The van der Waals surface area contributed by atoms with E-state index in [1.54, 1.807) is 18.3 Å². The van der Waals surface area contributed by atoms with Crippen LogP contribution in [0.1, 0.15) is 5.56 Å². The molecule has 0 aliphatic carbocycles. The second kappa shape index (κ2) is 8.17. The van der Waals surface area contributed by atoms with Crippen LogP contribution >= 0.6 is 0 Å². The van der Waals surface area contributed by atoms with Crippen molar-refractivity contribution in [1.82, 2.24) is 10.3 Å². The Morgan fingerprint density at radius 2 is 2.16 bits per heavy atom. The van der Waals surface area contributed by atoms with Gasteiger partial charge in [0.2, 0.25) is 0 Å². The monoisotopic (exact) mass is 267 g/mol. The maximum Gasteiger partial charge on any atom is 0.314 e. The van der Waals surface area contributed by atoms with E-state index in [0.29, 0.717) is 5.82 Å². The molecule has 0 unspecified atom stereocenters. The molecule has 7 nitrogen and oxygen atoms in total. The lowest BCUT2D eigenvalue weighted by atomic mass is 10.3. The lowest BCUT2D eigenvalue weighted by molar-refractivity contribution is -0.136. The lowest BCUT2D eigenvalue weighted by Crippen LogP contribution is -2.37. The van der Waals surface area contributed by atoms with Crippen molar-refractivity contribution in [3.05, 3.63) is 23.9 Å². The van der Waals surface area contributed by atoms with E-state index in [1.807, 2.05) is 6.92 Å². The molecule has 1 aromatic rings. The molecule has 19 heavy (non-hydrogen) atoms. The van der Waals surface area contributed by atoms with Crippen molar-refractivity contribution in [3.63, 3.8) is 0 Å². The second-order valence-corrected chi connectivity index (χ2v) is 3.76. The van der Waals surface area contributed by atoms with E-state index in [0.717, 1.165) is 5.56 Å². The Kier molecular flexibility index (Phi) is 6.48. The van der Waals surface area contributed by atoms with Crippen molar-refractivity contribution in [2.24, 2.45) is 0 Å². The highest BCUT2D eigenvalue weighted by molar-refractivity contribution is 6.39. The van der Waals surface area contributed by atoms with E-state index < -0.39 is 11.8 Å². The summed E-state index contributed by atoms with van der Waals surface area (Å²) in [6.07, 6.45) is 1.55. The minimum Gasteiger partial charge on any atom is -0.394 e. The van der Waals surface area contributed by atoms with Gasteiger partial charge in [-0.05, 0) is 24.6 Å². The highest BCUT2D eigenvalue weighted by Gasteiger charge is 2.13. The zero-order valence-electron chi connectivity index (χ0n) is 10.7. The molecule has 0 aliphatic heterocycles. The van der Waals surface area contributed by atoms with E-state index in [4.69, 9.17) is 9.84 Å². The Labute approximate surface area is 111 Å². The molecule has 0 aliphatic rings. The molecule has 0 saturated carbocycles. The molecule has 0 spiro atoms. The average Bonchev–Trinajstić information content (AvgIpc) is 2.38. The number of rotatable bonds is 6. The number of hydrogen-bond acceptors (Lipinski definition) is 5. The average molecular weight is 267 g/mol. The normalized spacial score (nSPS) is 10.0. The van der Waals surface area contributed by atoms with Crippen LogP contribution in [0.25, 0.3) is 0 Å². The molecule has 104 valence electrons. The first-order valence-corrected chi connectivity index (χ1v) is 5.84. The highest BCUT2D eigenvalue weighted by Crippen LogP contribution is 2.04. The van der Waals surface area contributed by atoms with Crippen LogP contribution < -0.4 is 10.6 Å². The van der Waals surface area contributed by atoms with Crippen LogP contribution in [0.3, 0.4) is 0 Å². The Hall–Kier alpha value is -1.99. The van der Waals surface area contributed by atoms with Gasteiger partial charge < -0.3 is 20.5 Å². The number of anilines is 1. The lowest BCUT2D eigenvalue weighted by Gasteiger charge is -2.06. The molecule has 1 rings (SSSR count). The summed E-state index contributed by atoms with van der Waals surface area (Å²) in [5.74, 6) is -1.20. The smallest absolute Gasteiger partial charge is 0.314 e. The summed E-state index contributed by atoms with van der Waals surface area (Å²) >= 11 is 0. The molecular formula is C12H17N3O4. The minimum absolute atomic E-state index is 0.0759. The Morgan fingerprint density at radius 3 is 2.84 bits per heavy atom.